The van der Waals surface area contributed by atoms with Crippen LogP contribution < -0.4 is 10.1 Å². The molecule has 9 heteroatoms. The van der Waals surface area contributed by atoms with E-state index in [4.69, 9.17) is 9.84 Å². The second-order valence-corrected chi connectivity index (χ2v) is 6.09. The van der Waals surface area contributed by atoms with E-state index in [1.807, 2.05) is 0 Å². The normalized spacial score (nSPS) is 15.4. The minimum absolute atomic E-state index is 0.127. The average molecular weight is 398 g/mol. The first kappa shape index (κ1) is 19.7. The monoisotopic (exact) mass is 398 g/mol. The molecule has 0 aliphatic carbocycles. The SMILES string of the molecule is O=C(O)COc1ccc(/C=C2\C(=O)NC(=O)N(Cc3ccc(F)cc3)C2=O)cc1. The summed E-state index contributed by atoms with van der Waals surface area (Å²) in [4.78, 5) is 48.2. The lowest BCUT2D eigenvalue weighted by molar-refractivity contribution is -0.139. The molecule has 0 bridgehead atoms. The van der Waals surface area contributed by atoms with Crippen LogP contribution in [-0.4, -0.2) is 40.4 Å². The second-order valence-electron chi connectivity index (χ2n) is 6.09. The molecule has 29 heavy (non-hydrogen) atoms. The van der Waals surface area contributed by atoms with E-state index < -0.39 is 36.2 Å². The fraction of sp³-hybridized carbons (Fsp3) is 0.100. The lowest BCUT2D eigenvalue weighted by atomic mass is 10.1. The topological polar surface area (TPSA) is 113 Å². The summed E-state index contributed by atoms with van der Waals surface area (Å²) in [6.45, 7) is -0.626. The second kappa shape index (κ2) is 8.34. The predicted molar refractivity (Wildman–Crippen MR) is 98.0 cm³/mol. The number of barbiturate groups is 1. The summed E-state index contributed by atoms with van der Waals surface area (Å²) in [5, 5.41) is 10.7. The Bertz CT molecular complexity index is 999. The van der Waals surface area contributed by atoms with Gasteiger partial charge in [-0.25, -0.2) is 14.0 Å². The Balaban J connectivity index is 1.79. The van der Waals surface area contributed by atoms with Crippen LogP contribution in [0.15, 0.2) is 54.1 Å². The number of nitrogens with zero attached hydrogens (tertiary/aromatic N) is 1. The molecule has 0 atom stereocenters. The Labute approximate surface area is 164 Å². The molecule has 0 aromatic heterocycles. The van der Waals surface area contributed by atoms with E-state index in [1.165, 1.54) is 54.6 Å². The number of aliphatic carboxylic acids is 1. The minimum atomic E-state index is -1.12. The van der Waals surface area contributed by atoms with Gasteiger partial charge in [0, 0.05) is 0 Å². The third-order valence-corrected chi connectivity index (χ3v) is 3.99. The van der Waals surface area contributed by atoms with E-state index in [0.717, 1.165) is 4.90 Å². The molecule has 148 valence electrons. The molecule has 1 heterocycles. The molecule has 8 nitrogen and oxygen atoms in total. The van der Waals surface area contributed by atoms with Gasteiger partial charge in [0.25, 0.3) is 11.8 Å². The van der Waals surface area contributed by atoms with Crippen molar-refractivity contribution in [2.75, 3.05) is 6.61 Å². The number of imide groups is 2. The zero-order chi connectivity index (χ0) is 21.0. The zero-order valence-corrected chi connectivity index (χ0v) is 14.9. The smallest absolute Gasteiger partial charge is 0.341 e. The van der Waals surface area contributed by atoms with Gasteiger partial charge in [-0.05, 0) is 41.5 Å². The molecule has 1 aliphatic heterocycles. The molecule has 0 unspecified atom stereocenters. The van der Waals surface area contributed by atoms with Gasteiger partial charge in [-0.2, -0.15) is 0 Å². The van der Waals surface area contributed by atoms with E-state index in [9.17, 15) is 23.6 Å². The van der Waals surface area contributed by atoms with E-state index in [-0.39, 0.29) is 12.1 Å². The number of urea groups is 1. The number of nitrogens with one attached hydrogen (secondary N) is 1. The Morgan fingerprint density at radius 2 is 1.72 bits per heavy atom. The third-order valence-electron chi connectivity index (χ3n) is 3.99. The van der Waals surface area contributed by atoms with Crippen LogP contribution in [0, 0.1) is 5.82 Å². The Morgan fingerprint density at radius 3 is 2.34 bits per heavy atom. The van der Waals surface area contributed by atoms with Crippen molar-refractivity contribution in [2.45, 2.75) is 6.54 Å². The number of ether oxygens (including phenoxy) is 1. The molecule has 1 aliphatic rings. The van der Waals surface area contributed by atoms with Crippen molar-refractivity contribution in [1.82, 2.24) is 10.2 Å². The average Bonchev–Trinajstić information content (AvgIpc) is 2.69. The molecule has 3 rings (SSSR count). The number of amides is 4. The summed E-state index contributed by atoms with van der Waals surface area (Å²) in [6.07, 6.45) is 1.31. The van der Waals surface area contributed by atoms with Gasteiger partial charge in [0.1, 0.15) is 17.1 Å². The van der Waals surface area contributed by atoms with Gasteiger partial charge >= 0.3 is 12.0 Å². The molecular weight excluding hydrogens is 383 g/mol. The summed E-state index contributed by atoms with van der Waals surface area (Å²) < 4.78 is 18.1. The van der Waals surface area contributed by atoms with E-state index in [1.54, 1.807) is 0 Å². The highest BCUT2D eigenvalue weighted by atomic mass is 19.1. The highest BCUT2D eigenvalue weighted by molar-refractivity contribution is 6.30. The van der Waals surface area contributed by atoms with Crippen LogP contribution in [0.5, 0.6) is 5.75 Å². The van der Waals surface area contributed by atoms with Crippen molar-refractivity contribution >= 4 is 29.9 Å². The highest BCUT2D eigenvalue weighted by Crippen LogP contribution is 2.19. The van der Waals surface area contributed by atoms with Crippen LogP contribution >= 0.6 is 0 Å². The molecule has 2 N–H and O–H groups in total. The first-order chi connectivity index (χ1) is 13.8. The summed E-state index contributed by atoms with van der Waals surface area (Å²) in [5.74, 6) is -2.88. The summed E-state index contributed by atoms with van der Waals surface area (Å²) in [7, 11) is 0. The summed E-state index contributed by atoms with van der Waals surface area (Å²) in [5.41, 5.74) is 0.747. The van der Waals surface area contributed by atoms with Crippen LogP contribution in [0.3, 0.4) is 0 Å². The number of carboxylic acids is 1. The van der Waals surface area contributed by atoms with Gasteiger partial charge in [0.2, 0.25) is 0 Å². The van der Waals surface area contributed by atoms with Crippen molar-refractivity contribution in [2.24, 2.45) is 0 Å². The van der Waals surface area contributed by atoms with Crippen LogP contribution in [0.2, 0.25) is 0 Å². The van der Waals surface area contributed by atoms with Crippen molar-refractivity contribution < 1.29 is 33.4 Å². The zero-order valence-electron chi connectivity index (χ0n) is 14.9. The predicted octanol–water partition coefficient (Wildman–Crippen LogP) is 1.95. The Kier molecular flexibility index (Phi) is 5.68. The summed E-state index contributed by atoms with van der Waals surface area (Å²) >= 11 is 0. The van der Waals surface area contributed by atoms with Crippen LogP contribution in [-0.2, 0) is 20.9 Å². The van der Waals surface area contributed by atoms with Crippen molar-refractivity contribution in [1.29, 1.82) is 0 Å². The fourth-order valence-electron chi connectivity index (χ4n) is 2.58. The maximum atomic E-state index is 13.0. The standard InChI is InChI=1S/C20H15FN2O6/c21-14-5-1-13(2-6-14)10-23-19(27)16(18(26)22-20(23)28)9-12-3-7-15(8-4-12)29-11-17(24)25/h1-9H,10-11H2,(H,24,25)(H,22,26,28)/b16-9+. The largest absolute Gasteiger partial charge is 0.482 e. The lowest BCUT2D eigenvalue weighted by Crippen LogP contribution is -2.53. The quantitative estimate of drug-likeness (QED) is 0.568. The molecular formula is C20H15FN2O6. The molecule has 2 aromatic carbocycles. The number of hydrogen-bond donors (Lipinski definition) is 2. The van der Waals surface area contributed by atoms with Crippen molar-refractivity contribution in [3.05, 3.63) is 71.0 Å². The molecule has 0 radical (unpaired) electrons. The Morgan fingerprint density at radius 1 is 1.07 bits per heavy atom. The number of rotatable bonds is 6. The number of hydrogen-bond acceptors (Lipinski definition) is 5. The van der Waals surface area contributed by atoms with Crippen molar-refractivity contribution in [3.8, 4) is 5.75 Å². The third kappa shape index (κ3) is 4.83. The van der Waals surface area contributed by atoms with Gasteiger partial charge in [0.15, 0.2) is 6.61 Å². The highest BCUT2D eigenvalue weighted by Gasteiger charge is 2.35. The first-order valence-electron chi connectivity index (χ1n) is 8.41. The number of carbonyl (C=O) groups is 4. The van der Waals surface area contributed by atoms with Gasteiger partial charge in [-0.3, -0.25) is 19.8 Å². The molecule has 1 saturated heterocycles. The maximum absolute atomic E-state index is 13.0. The van der Waals surface area contributed by atoms with Gasteiger partial charge in [0.05, 0.1) is 6.54 Å². The molecule has 0 spiro atoms. The number of halogens is 1. The number of carboxylic acid groups (broad SMARTS) is 1. The molecule has 0 saturated carbocycles. The maximum Gasteiger partial charge on any atom is 0.341 e. The van der Waals surface area contributed by atoms with E-state index in [2.05, 4.69) is 5.32 Å². The Hall–Kier alpha value is -4.01. The molecule has 1 fully saturated rings. The molecule has 4 amide bonds. The van der Waals surface area contributed by atoms with Gasteiger partial charge in [-0.15, -0.1) is 0 Å². The van der Waals surface area contributed by atoms with Crippen LogP contribution in [0.1, 0.15) is 11.1 Å². The first-order valence-corrected chi connectivity index (χ1v) is 8.41. The molecule has 2 aromatic rings. The van der Waals surface area contributed by atoms with Crippen LogP contribution in [0.25, 0.3) is 6.08 Å². The van der Waals surface area contributed by atoms with Gasteiger partial charge < -0.3 is 9.84 Å². The van der Waals surface area contributed by atoms with E-state index >= 15 is 0 Å². The number of benzene rings is 2. The lowest BCUT2D eigenvalue weighted by Gasteiger charge is -2.26. The fourth-order valence-corrected chi connectivity index (χ4v) is 2.58. The number of carbonyl (C=O) groups excluding carboxylic acids is 3. The van der Waals surface area contributed by atoms with E-state index in [0.29, 0.717) is 16.9 Å². The van der Waals surface area contributed by atoms with Crippen LogP contribution in [0.4, 0.5) is 9.18 Å². The van der Waals surface area contributed by atoms with Crippen molar-refractivity contribution in [3.63, 3.8) is 0 Å². The minimum Gasteiger partial charge on any atom is -0.482 e. The van der Waals surface area contributed by atoms with Gasteiger partial charge in [-0.1, -0.05) is 24.3 Å². The summed E-state index contributed by atoms with van der Waals surface area (Å²) in [6, 6.07) is 10.5.